The van der Waals surface area contributed by atoms with E-state index in [9.17, 15) is 18.0 Å². The number of aryl methyl sites for hydroxylation is 1. The summed E-state index contributed by atoms with van der Waals surface area (Å²) in [7, 11) is 0. The molecule has 0 bridgehead atoms. The molecule has 12 heteroatoms. The smallest absolute Gasteiger partial charge is 0.383 e. The topological polar surface area (TPSA) is 107 Å². The lowest BCUT2D eigenvalue weighted by molar-refractivity contribution is -0.137. The number of rotatable bonds is 4. The maximum absolute atomic E-state index is 13.3. The Kier molecular flexibility index (Phi) is 5.44. The monoisotopic (exact) mass is 522 g/mol. The van der Waals surface area contributed by atoms with E-state index < -0.39 is 17.6 Å². The van der Waals surface area contributed by atoms with Gasteiger partial charge < -0.3 is 16.0 Å². The van der Waals surface area contributed by atoms with E-state index in [4.69, 9.17) is 5.73 Å². The number of anilines is 1. The lowest BCUT2D eigenvalue weighted by Crippen LogP contribution is -2.62. The van der Waals surface area contributed by atoms with Crippen molar-refractivity contribution in [3.8, 4) is 16.9 Å². The summed E-state index contributed by atoms with van der Waals surface area (Å²) in [6.45, 7) is 3.56. The molecular formula is C26H25F3N8O. The van der Waals surface area contributed by atoms with Crippen molar-refractivity contribution >= 4 is 11.8 Å². The van der Waals surface area contributed by atoms with Crippen LogP contribution in [0.5, 0.6) is 0 Å². The number of nitrogens with two attached hydrogens (primary N) is 1. The van der Waals surface area contributed by atoms with Crippen LogP contribution >= 0.6 is 0 Å². The number of aromatic nitrogens is 5. The predicted octanol–water partition coefficient (Wildman–Crippen LogP) is 4.16. The van der Waals surface area contributed by atoms with E-state index in [1.54, 1.807) is 21.8 Å². The molecule has 1 saturated heterocycles. The van der Waals surface area contributed by atoms with Gasteiger partial charge in [0.15, 0.2) is 0 Å². The van der Waals surface area contributed by atoms with Gasteiger partial charge in [-0.25, -0.2) is 14.5 Å². The molecule has 2 aliphatic rings. The van der Waals surface area contributed by atoms with Crippen LogP contribution in [0.3, 0.4) is 0 Å². The fourth-order valence-corrected chi connectivity index (χ4v) is 5.24. The number of nitrogen functional groups attached to an aromatic ring is 1. The molecule has 3 aromatic heterocycles. The number of likely N-dealkylation sites (tertiary alicyclic amines) is 1. The third-order valence-electron chi connectivity index (χ3n) is 7.38. The number of amides is 2. The molecule has 196 valence electrons. The van der Waals surface area contributed by atoms with Crippen LogP contribution in [0.25, 0.3) is 16.9 Å². The van der Waals surface area contributed by atoms with E-state index in [1.165, 1.54) is 6.20 Å². The summed E-state index contributed by atoms with van der Waals surface area (Å²) in [4.78, 5) is 18.4. The highest BCUT2D eigenvalue weighted by Crippen LogP contribution is 2.44. The number of carbonyl (C=O) groups is 1. The Morgan fingerprint density at radius 3 is 2.66 bits per heavy atom. The molecule has 3 N–H and O–H groups in total. The second kappa shape index (κ2) is 8.61. The number of halogens is 3. The minimum absolute atomic E-state index is 0.175. The molecule has 1 atom stereocenters. The van der Waals surface area contributed by atoms with Gasteiger partial charge in [0.05, 0.1) is 29.2 Å². The molecule has 2 aliphatic heterocycles. The molecule has 2 amide bonds. The Bertz CT molecular complexity index is 1500. The molecule has 0 radical (unpaired) electrons. The van der Waals surface area contributed by atoms with E-state index in [0.29, 0.717) is 25.3 Å². The molecule has 0 aliphatic carbocycles. The first-order valence-corrected chi connectivity index (χ1v) is 12.2. The molecule has 1 spiro atoms. The van der Waals surface area contributed by atoms with Gasteiger partial charge in [0.25, 0.3) is 0 Å². The Labute approximate surface area is 216 Å². The van der Waals surface area contributed by atoms with Gasteiger partial charge in [-0.3, -0.25) is 4.68 Å². The van der Waals surface area contributed by atoms with Crippen LogP contribution in [0.15, 0.2) is 61.1 Å². The largest absolute Gasteiger partial charge is 0.419 e. The quantitative estimate of drug-likeness (QED) is 0.419. The molecule has 0 saturated carbocycles. The minimum atomic E-state index is -4.60. The normalized spacial score (nSPS) is 16.8. The van der Waals surface area contributed by atoms with Crippen molar-refractivity contribution in [1.82, 2.24) is 34.8 Å². The number of fused-ring (bicyclic) bond motifs is 2. The molecule has 1 aromatic carbocycles. The van der Waals surface area contributed by atoms with Gasteiger partial charge in [0.1, 0.15) is 5.82 Å². The fraction of sp³-hybridized carbons (Fsp3) is 0.308. The number of alkyl halides is 3. The van der Waals surface area contributed by atoms with E-state index in [-0.39, 0.29) is 23.1 Å². The number of hydrogen-bond donors (Lipinski definition) is 2. The lowest BCUT2D eigenvalue weighted by Gasteiger charge is -2.47. The molecule has 0 unspecified atom stereocenters. The Morgan fingerprint density at radius 1 is 1.16 bits per heavy atom. The zero-order chi connectivity index (χ0) is 26.7. The number of carbonyl (C=O) groups excluding carboxylic acids is 1. The molecule has 6 rings (SSSR count). The van der Waals surface area contributed by atoms with Gasteiger partial charge in [-0.15, -0.1) is 0 Å². The minimum Gasteiger partial charge on any atom is -0.383 e. The van der Waals surface area contributed by atoms with Crippen molar-refractivity contribution in [1.29, 1.82) is 0 Å². The number of pyridine rings is 1. The lowest BCUT2D eigenvalue weighted by atomic mass is 9.76. The Morgan fingerprint density at radius 2 is 1.92 bits per heavy atom. The van der Waals surface area contributed by atoms with Crippen LogP contribution < -0.4 is 11.1 Å². The summed E-state index contributed by atoms with van der Waals surface area (Å²) < 4.78 is 43.5. The van der Waals surface area contributed by atoms with Gasteiger partial charge in [0.2, 0.25) is 0 Å². The number of urea groups is 1. The molecule has 9 nitrogen and oxygen atoms in total. The summed E-state index contributed by atoms with van der Waals surface area (Å²) in [5.41, 5.74) is 7.59. The second-order valence-electron chi connectivity index (χ2n) is 9.90. The van der Waals surface area contributed by atoms with Crippen LogP contribution in [0.2, 0.25) is 0 Å². The third-order valence-corrected chi connectivity index (χ3v) is 7.38. The van der Waals surface area contributed by atoms with Crippen LogP contribution in [0, 0.1) is 0 Å². The van der Waals surface area contributed by atoms with Crippen LogP contribution in [0.4, 0.5) is 23.8 Å². The van der Waals surface area contributed by atoms with Crippen molar-refractivity contribution in [2.45, 2.75) is 37.5 Å². The average molecular weight is 523 g/mol. The first kappa shape index (κ1) is 24.0. The van der Waals surface area contributed by atoms with Gasteiger partial charge in [-0.1, -0.05) is 18.2 Å². The summed E-state index contributed by atoms with van der Waals surface area (Å²) in [5, 5.41) is 11.9. The van der Waals surface area contributed by atoms with E-state index in [1.807, 2.05) is 48.1 Å². The molecule has 1 fully saturated rings. The van der Waals surface area contributed by atoms with Gasteiger partial charge >= 0.3 is 12.2 Å². The summed E-state index contributed by atoms with van der Waals surface area (Å²) in [6, 6.07) is 12.1. The highest BCUT2D eigenvalue weighted by Gasteiger charge is 2.51. The van der Waals surface area contributed by atoms with Crippen molar-refractivity contribution in [2.24, 2.45) is 0 Å². The van der Waals surface area contributed by atoms with Crippen molar-refractivity contribution in [3.05, 3.63) is 77.9 Å². The Balaban J connectivity index is 1.13. The maximum Gasteiger partial charge on any atom is 0.419 e. The van der Waals surface area contributed by atoms with E-state index >= 15 is 0 Å². The van der Waals surface area contributed by atoms with Crippen molar-refractivity contribution in [3.63, 3.8) is 0 Å². The van der Waals surface area contributed by atoms with Crippen molar-refractivity contribution < 1.29 is 18.0 Å². The highest BCUT2D eigenvalue weighted by molar-refractivity contribution is 5.76. The van der Waals surface area contributed by atoms with Gasteiger partial charge in [0, 0.05) is 54.3 Å². The first-order chi connectivity index (χ1) is 18.1. The third kappa shape index (κ3) is 4.05. The highest BCUT2D eigenvalue weighted by atomic mass is 19.4. The van der Waals surface area contributed by atoms with Crippen molar-refractivity contribution in [2.75, 3.05) is 18.8 Å². The van der Waals surface area contributed by atoms with Gasteiger partial charge in [-0.2, -0.15) is 23.4 Å². The standard InChI is InChI=1S/C26H25F3N8O/c1-16(18-12-32-37(13-18)19-5-3-2-4-6-19)33-24(38)35-14-25(15-35)7-8-36-22(25)10-21(34-36)17-9-20(26(27,28)29)23(30)31-11-17/h2-6,9-13,16H,7-8,14-15H2,1H3,(H2,30,31)(H,33,38)/t16-/m1/s1. The maximum atomic E-state index is 13.3. The van der Waals surface area contributed by atoms with Gasteiger partial charge in [-0.05, 0) is 37.6 Å². The SMILES string of the molecule is C[C@@H](NC(=O)N1CC2(CCn3nc(-c4cnc(N)c(C(F)(F)F)c4)cc32)C1)c1cnn(-c2ccccc2)c1. The number of nitrogens with one attached hydrogen (secondary N) is 1. The number of benzene rings is 1. The second-order valence-corrected chi connectivity index (χ2v) is 9.90. The zero-order valence-electron chi connectivity index (χ0n) is 20.5. The summed E-state index contributed by atoms with van der Waals surface area (Å²) in [6.07, 6.45) is 1.15. The van der Waals surface area contributed by atoms with E-state index in [0.717, 1.165) is 29.4 Å². The average Bonchev–Trinajstić information content (AvgIpc) is 3.58. The van der Waals surface area contributed by atoms with Crippen LogP contribution in [-0.2, 0) is 18.1 Å². The van der Waals surface area contributed by atoms with Crippen LogP contribution in [-0.4, -0.2) is 48.6 Å². The molecular weight excluding hydrogens is 497 g/mol. The molecule has 38 heavy (non-hydrogen) atoms. The summed E-state index contributed by atoms with van der Waals surface area (Å²) >= 11 is 0. The first-order valence-electron chi connectivity index (χ1n) is 12.2. The molecule has 4 aromatic rings. The van der Waals surface area contributed by atoms with Crippen LogP contribution in [0.1, 0.15) is 36.2 Å². The summed E-state index contributed by atoms with van der Waals surface area (Å²) in [5.74, 6) is -0.563. The van der Waals surface area contributed by atoms with E-state index in [2.05, 4.69) is 20.5 Å². The predicted molar refractivity (Wildman–Crippen MR) is 133 cm³/mol. The Hall–Kier alpha value is -4.35. The molecule has 5 heterocycles. The zero-order valence-corrected chi connectivity index (χ0v) is 20.5. The fourth-order valence-electron chi connectivity index (χ4n) is 5.24. The number of hydrogen-bond acceptors (Lipinski definition) is 5. The number of nitrogens with zero attached hydrogens (tertiary/aromatic N) is 6. The number of para-hydroxylation sites is 1.